The van der Waals surface area contributed by atoms with Gasteiger partial charge in [0, 0.05) is 49.0 Å². The molecule has 196 valence electrons. The Kier molecular flexibility index (Phi) is 7.11. The van der Waals surface area contributed by atoms with E-state index in [-0.39, 0.29) is 0 Å². The lowest BCUT2D eigenvalue weighted by Gasteiger charge is -2.23. The first-order valence-corrected chi connectivity index (χ1v) is 13.3. The summed E-state index contributed by atoms with van der Waals surface area (Å²) in [5.74, 6) is 3.37. The van der Waals surface area contributed by atoms with E-state index in [9.17, 15) is 0 Å². The van der Waals surface area contributed by atoms with E-state index in [1.165, 1.54) is 25.7 Å². The van der Waals surface area contributed by atoms with Gasteiger partial charge in [-0.05, 0) is 55.3 Å². The molecule has 2 N–H and O–H groups in total. The number of hydrogen-bond acceptors (Lipinski definition) is 9. The molecule has 5 aromatic rings. The smallest absolute Gasteiger partial charge is 0.228 e. The van der Waals surface area contributed by atoms with Gasteiger partial charge in [-0.15, -0.1) is 10.2 Å². The minimum absolute atomic E-state index is 0.472. The molecule has 3 aromatic heterocycles. The van der Waals surface area contributed by atoms with Gasteiger partial charge in [-0.25, -0.2) is 15.0 Å². The van der Waals surface area contributed by atoms with Crippen LogP contribution in [0.4, 0.5) is 23.3 Å². The molecular weight excluding hydrogens is 488 g/mol. The summed E-state index contributed by atoms with van der Waals surface area (Å²) in [6.45, 7) is 2.05. The van der Waals surface area contributed by atoms with Gasteiger partial charge in [0.05, 0.1) is 11.3 Å². The van der Waals surface area contributed by atoms with Crippen LogP contribution < -0.4 is 20.3 Å². The van der Waals surface area contributed by atoms with Crippen LogP contribution in [0, 0.1) is 0 Å². The molecule has 2 aromatic carbocycles. The van der Waals surface area contributed by atoms with Crippen LogP contribution in [0.2, 0.25) is 0 Å². The number of pyridine rings is 1. The Labute approximate surface area is 227 Å². The van der Waals surface area contributed by atoms with E-state index in [1.807, 2.05) is 48.5 Å². The maximum absolute atomic E-state index is 6.15. The molecule has 1 aliphatic heterocycles. The van der Waals surface area contributed by atoms with Gasteiger partial charge in [0.2, 0.25) is 11.8 Å². The molecule has 0 unspecified atom stereocenters. The molecule has 0 spiro atoms. The van der Waals surface area contributed by atoms with Crippen molar-refractivity contribution in [3.63, 3.8) is 0 Å². The second kappa shape index (κ2) is 11.3. The van der Waals surface area contributed by atoms with Crippen molar-refractivity contribution >= 4 is 34.0 Å². The van der Waals surface area contributed by atoms with Gasteiger partial charge in [-0.1, -0.05) is 37.1 Å². The Hall–Kier alpha value is -4.79. The summed E-state index contributed by atoms with van der Waals surface area (Å²) in [5, 5.41) is 17.8. The summed E-state index contributed by atoms with van der Waals surface area (Å²) in [6.07, 6.45) is 8.36. The van der Waals surface area contributed by atoms with Crippen molar-refractivity contribution in [3.05, 3.63) is 79.1 Å². The van der Waals surface area contributed by atoms with Crippen LogP contribution in [-0.4, -0.2) is 45.3 Å². The van der Waals surface area contributed by atoms with Gasteiger partial charge in [0.1, 0.15) is 5.75 Å². The monoisotopic (exact) mass is 518 g/mol. The first kappa shape index (κ1) is 24.5. The maximum Gasteiger partial charge on any atom is 0.228 e. The molecule has 1 fully saturated rings. The summed E-state index contributed by atoms with van der Waals surface area (Å²) >= 11 is 0. The lowest BCUT2D eigenvalue weighted by atomic mass is 10.1. The van der Waals surface area contributed by atoms with Crippen LogP contribution in [0.3, 0.4) is 0 Å². The van der Waals surface area contributed by atoms with E-state index in [4.69, 9.17) is 4.74 Å². The SMILES string of the molecule is CNc1nccc(-c2cccnc2Oc2ccc(Nc3nnc(N4CCCCCC4)c4ccccc34)cc2)n1. The zero-order valence-electron chi connectivity index (χ0n) is 21.8. The lowest BCUT2D eigenvalue weighted by Crippen LogP contribution is -2.25. The van der Waals surface area contributed by atoms with E-state index in [1.54, 1.807) is 19.4 Å². The fourth-order valence-electron chi connectivity index (χ4n) is 4.85. The van der Waals surface area contributed by atoms with Crippen molar-refractivity contribution in [2.45, 2.75) is 25.7 Å². The molecule has 1 saturated heterocycles. The van der Waals surface area contributed by atoms with Crippen LogP contribution in [0.15, 0.2) is 79.1 Å². The minimum Gasteiger partial charge on any atom is -0.438 e. The third kappa shape index (κ3) is 5.43. The van der Waals surface area contributed by atoms with Crippen LogP contribution in [0.5, 0.6) is 11.6 Å². The highest BCUT2D eigenvalue weighted by atomic mass is 16.5. The van der Waals surface area contributed by atoms with Crippen molar-refractivity contribution in [2.24, 2.45) is 0 Å². The molecule has 0 amide bonds. The second-order valence-corrected chi connectivity index (χ2v) is 9.44. The average Bonchev–Trinajstić information content (AvgIpc) is 3.28. The zero-order chi connectivity index (χ0) is 26.4. The maximum atomic E-state index is 6.15. The largest absolute Gasteiger partial charge is 0.438 e. The lowest BCUT2D eigenvalue weighted by molar-refractivity contribution is 0.465. The van der Waals surface area contributed by atoms with Crippen LogP contribution >= 0.6 is 0 Å². The number of fused-ring (bicyclic) bond motifs is 1. The number of hydrogen-bond donors (Lipinski definition) is 2. The van der Waals surface area contributed by atoms with Gasteiger partial charge in [0.15, 0.2) is 11.6 Å². The number of anilines is 4. The average molecular weight is 519 g/mol. The Morgan fingerprint density at radius 3 is 2.36 bits per heavy atom. The fourth-order valence-corrected chi connectivity index (χ4v) is 4.85. The molecule has 0 saturated carbocycles. The number of nitrogens with zero attached hydrogens (tertiary/aromatic N) is 6. The van der Waals surface area contributed by atoms with Crippen LogP contribution in [0.1, 0.15) is 25.7 Å². The Morgan fingerprint density at radius 2 is 1.56 bits per heavy atom. The Morgan fingerprint density at radius 1 is 0.769 bits per heavy atom. The Balaban J connectivity index is 1.22. The number of benzene rings is 2. The van der Waals surface area contributed by atoms with Gasteiger partial charge in [0.25, 0.3) is 0 Å². The van der Waals surface area contributed by atoms with Crippen molar-refractivity contribution in [1.29, 1.82) is 0 Å². The third-order valence-corrected chi connectivity index (χ3v) is 6.83. The molecule has 0 radical (unpaired) electrons. The zero-order valence-corrected chi connectivity index (χ0v) is 21.8. The van der Waals surface area contributed by atoms with Crippen molar-refractivity contribution in [1.82, 2.24) is 25.1 Å². The summed E-state index contributed by atoms with van der Waals surface area (Å²) in [7, 11) is 1.79. The van der Waals surface area contributed by atoms with E-state index in [2.05, 4.69) is 58.9 Å². The highest BCUT2D eigenvalue weighted by Gasteiger charge is 2.17. The van der Waals surface area contributed by atoms with Crippen molar-refractivity contribution in [2.75, 3.05) is 35.7 Å². The number of ether oxygens (including phenoxy) is 1. The normalized spacial score (nSPS) is 13.6. The standard InChI is InChI=1S/C30H30N8O/c1-31-30-33-18-16-26(35-30)25-11-8-17-32-29(25)39-22-14-12-21(13-15-22)34-27-23-9-4-5-10-24(23)28(37-36-27)38-19-6-2-3-7-20-38/h4-5,8-18H,2-3,6-7,19-20H2,1H3,(H,34,36)(H,31,33,35). The number of nitrogens with one attached hydrogen (secondary N) is 2. The van der Waals surface area contributed by atoms with E-state index >= 15 is 0 Å². The Bertz CT molecular complexity index is 1570. The topological polar surface area (TPSA) is 101 Å². The summed E-state index contributed by atoms with van der Waals surface area (Å²) in [4.78, 5) is 15.5. The molecule has 1 aliphatic rings. The second-order valence-electron chi connectivity index (χ2n) is 9.44. The fraction of sp³-hybridized carbons (Fsp3) is 0.233. The minimum atomic E-state index is 0.472. The predicted molar refractivity (Wildman–Crippen MR) is 155 cm³/mol. The molecule has 6 rings (SSSR count). The molecule has 39 heavy (non-hydrogen) atoms. The number of aromatic nitrogens is 5. The van der Waals surface area contributed by atoms with Crippen molar-refractivity contribution < 1.29 is 4.74 Å². The number of rotatable bonds is 7. The molecule has 9 heteroatoms. The first-order valence-electron chi connectivity index (χ1n) is 13.3. The summed E-state index contributed by atoms with van der Waals surface area (Å²) in [6, 6.07) is 21.7. The molecule has 0 bridgehead atoms. The molecule has 0 aliphatic carbocycles. The third-order valence-electron chi connectivity index (χ3n) is 6.83. The molecule has 4 heterocycles. The van der Waals surface area contributed by atoms with Crippen LogP contribution in [0.25, 0.3) is 22.0 Å². The van der Waals surface area contributed by atoms with E-state index < -0.39 is 0 Å². The highest BCUT2D eigenvalue weighted by molar-refractivity contribution is 5.99. The molecule has 9 nitrogen and oxygen atoms in total. The van der Waals surface area contributed by atoms with Gasteiger partial charge in [-0.3, -0.25) is 0 Å². The van der Waals surface area contributed by atoms with Crippen LogP contribution in [-0.2, 0) is 0 Å². The quantitative estimate of drug-likeness (QED) is 0.252. The van der Waals surface area contributed by atoms with Crippen molar-refractivity contribution in [3.8, 4) is 22.9 Å². The van der Waals surface area contributed by atoms with E-state index in [0.29, 0.717) is 17.6 Å². The first-order chi connectivity index (χ1) is 19.3. The van der Waals surface area contributed by atoms with E-state index in [0.717, 1.165) is 52.4 Å². The molecular formula is C30H30N8O. The predicted octanol–water partition coefficient (Wildman–Crippen LogP) is 6.44. The van der Waals surface area contributed by atoms with Gasteiger partial charge >= 0.3 is 0 Å². The highest BCUT2D eigenvalue weighted by Crippen LogP contribution is 2.33. The molecule has 0 atom stereocenters. The van der Waals surface area contributed by atoms with Gasteiger partial charge < -0.3 is 20.3 Å². The van der Waals surface area contributed by atoms with Gasteiger partial charge in [-0.2, -0.15) is 0 Å². The summed E-state index contributed by atoms with van der Waals surface area (Å²) < 4.78 is 6.15. The summed E-state index contributed by atoms with van der Waals surface area (Å²) in [5.41, 5.74) is 2.40.